The van der Waals surface area contributed by atoms with Crippen molar-refractivity contribution in [2.24, 2.45) is 0 Å². The van der Waals surface area contributed by atoms with E-state index in [4.69, 9.17) is 34.8 Å². The largest absolute Gasteiger partial charge is 0.284 e. The minimum Gasteiger partial charge on any atom is -0.258 e. The maximum atomic E-state index is 12.4. The molecule has 8 nitrogen and oxygen atoms in total. The van der Waals surface area contributed by atoms with Gasteiger partial charge in [0.15, 0.2) is 0 Å². The topological polar surface area (TPSA) is 108 Å². The highest BCUT2D eigenvalue weighted by molar-refractivity contribution is 7.89. The zero-order valence-electron chi connectivity index (χ0n) is 9.85. The molecule has 0 spiro atoms. The van der Waals surface area contributed by atoms with Crippen LogP contribution in [-0.2, 0) is 13.8 Å². The fourth-order valence-corrected chi connectivity index (χ4v) is 3.43. The molecule has 0 N–H and O–H groups in total. The molecule has 1 aromatic heterocycles. The van der Waals surface area contributed by atoms with E-state index in [2.05, 4.69) is 10.3 Å². The lowest BCUT2D eigenvalue weighted by Crippen LogP contribution is -2.18. The van der Waals surface area contributed by atoms with Crippen molar-refractivity contribution in [2.45, 2.75) is 8.69 Å². The summed E-state index contributed by atoms with van der Waals surface area (Å²) in [5.74, 6) is 0. The van der Waals surface area contributed by atoms with Crippen LogP contribution in [0, 0.1) is 10.1 Å². The molecule has 0 aliphatic heterocycles. The summed E-state index contributed by atoms with van der Waals surface area (Å²) in [6, 6.07) is 2.85. The third-order valence-electron chi connectivity index (χ3n) is 2.40. The molecule has 2 aromatic rings. The number of non-ortho nitro benzene ring substituents is 1. The van der Waals surface area contributed by atoms with Crippen LogP contribution in [0.4, 0.5) is 5.69 Å². The third kappa shape index (κ3) is 3.10. The van der Waals surface area contributed by atoms with Gasteiger partial charge < -0.3 is 0 Å². The summed E-state index contributed by atoms with van der Waals surface area (Å²) in [6.45, 7) is 0. The van der Waals surface area contributed by atoms with E-state index >= 15 is 0 Å². The highest BCUT2D eigenvalue weighted by Crippen LogP contribution is 2.43. The maximum absolute atomic E-state index is 12.4. The van der Waals surface area contributed by atoms with Gasteiger partial charge in [-0.2, -0.15) is 8.42 Å². The van der Waals surface area contributed by atoms with Gasteiger partial charge in [0.2, 0.25) is 3.79 Å². The van der Waals surface area contributed by atoms with Crippen molar-refractivity contribution >= 4 is 50.5 Å². The summed E-state index contributed by atoms with van der Waals surface area (Å²) in [4.78, 5) is 9.62. The van der Waals surface area contributed by atoms with E-state index in [1.807, 2.05) is 0 Å². The number of hydrogen-bond acceptors (Lipinski definition) is 6. The fourth-order valence-electron chi connectivity index (χ4n) is 1.50. The Kier molecular flexibility index (Phi) is 4.11. The number of nitro groups is 1. The van der Waals surface area contributed by atoms with E-state index in [1.165, 1.54) is 0 Å². The van der Waals surface area contributed by atoms with E-state index in [0.717, 1.165) is 30.6 Å². The predicted octanol–water partition coefficient (Wildman–Crippen LogP) is 2.25. The molecule has 0 fully saturated rings. The molecular weight excluding hydrogens is 367 g/mol. The molecule has 1 aromatic carbocycles. The maximum Gasteiger partial charge on any atom is 0.284 e. The van der Waals surface area contributed by atoms with Crippen LogP contribution >= 0.6 is 34.8 Å². The second-order valence-electron chi connectivity index (χ2n) is 3.72. The third-order valence-corrected chi connectivity index (χ3v) is 4.61. The first-order chi connectivity index (χ1) is 9.64. The van der Waals surface area contributed by atoms with E-state index in [9.17, 15) is 18.5 Å². The van der Waals surface area contributed by atoms with E-state index < -0.39 is 29.3 Å². The molecule has 0 bridgehead atoms. The van der Waals surface area contributed by atoms with E-state index in [1.54, 1.807) is 0 Å². The number of nitrogens with zero attached hydrogens (tertiary/aromatic N) is 4. The first-order valence-corrected chi connectivity index (χ1v) is 7.69. The number of nitro benzene ring substituents is 1. The minimum absolute atomic E-state index is 0.350. The molecule has 12 heteroatoms. The van der Waals surface area contributed by atoms with Crippen LogP contribution < -0.4 is 0 Å². The first-order valence-electron chi connectivity index (χ1n) is 5.11. The monoisotopic (exact) mass is 370 g/mol. The number of hydrogen-bond donors (Lipinski definition) is 0. The Hall–Kier alpha value is -1.42. The van der Waals surface area contributed by atoms with E-state index in [0.29, 0.717) is 4.09 Å². The van der Waals surface area contributed by atoms with Crippen molar-refractivity contribution < 1.29 is 13.3 Å². The number of aromatic nitrogens is 3. The van der Waals surface area contributed by atoms with Gasteiger partial charge in [-0.1, -0.05) is 40.0 Å². The molecule has 0 aliphatic carbocycles. The lowest BCUT2D eigenvalue weighted by molar-refractivity contribution is -0.385. The highest BCUT2D eigenvalue weighted by Gasteiger charge is 2.34. The van der Waals surface area contributed by atoms with Gasteiger partial charge in [-0.25, -0.2) is 0 Å². The predicted molar refractivity (Wildman–Crippen MR) is 74.9 cm³/mol. The Labute approximate surface area is 133 Å². The van der Waals surface area contributed by atoms with Crippen molar-refractivity contribution in [1.82, 2.24) is 14.4 Å². The van der Waals surface area contributed by atoms with Gasteiger partial charge in [-0.05, 0) is 6.07 Å². The molecule has 0 radical (unpaired) electrons. The summed E-state index contributed by atoms with van der Waals surface area (Å²) < 4.78 is 23.1. The second kappa shape index (κ2) is 5.41. The van der Waals surface area contributed by atoms with Gasteiger partial charge in [-0.3, -0.25) is 10.1 Å². The Morgan fingerprint density at radius 2 is 1.95 bits per heavy atom. The standard InChI is InChI=1S/C9H5Cl3N4O4S/c10-9(11,12)7-5-6(16(17)18)1-2-8(7)21(19,20)15-4-3-13-14-15/h1-5H. The molecule has 0 saturated heterocycles. The SMILES string of the molecule is O=[N+]([O-])c1ccc(S(=O)(=O)n2ccnn2)c(C(Cl)(Cl)Cl)c1. The zero-order chi connectivity index (χ0) is 15.8. The van der Waals surface area contributed by atoms with Crippen LogP contribution in [0.5, 0.6) is 0 Å². The van der Waals surface area contributed by atoms with E-state index in [-0.39, 0.29) is 5.56 Å². The quantitative estimate of drug-likeness (QED) is 0.465. The lowest BCUT2D eigenvalue weighted by atomic mass is 10.2. The summed E-state index contributed by atoms with van der Waals surface area (Å²) in [5, 5.41) is 17.5. The van der Waals surface area contributed by atoms with Crippen molar-refractivity contribution in [1.29, 1.82) is 0 Å². The fraction of sp³-hybridized carbons (Fsp3) is 0.111. The average Bonchev–Trinajstić information content (AvgIpc) is 2.91. The minimum atomic E-state index is -4.18. The Balaban J connectivity index is 2.73. The molecule has 2 rings (SSSR count). The van der Waals surface area contributed by atoms with Gasteiger partial charge >= 0.3 is 0 Å². The summed E-state index contributed by atoms with van der Waals surface area (Å²) >= 11 is 17.1. The molecule has 1 heterocycles. The normalized spacial score (nSPS) is 12.3. The number of rotatable bonds is 3. The van der Waals surface area contributed by atoms with Crippen molar-refractivity contribution in [3.05, 3.63) is 46.3 Å². The number of halogens is 3. The molecular formula is C9H5Cl3N4O4S. The Morgan fingerprint density at radius 1 is 1.29 bits per heavy atom. The molecule has 0 unspecified atom stereocenters. The zero-order valence-corrected chi connectivity index (χ0v) is 12.9. The van der Waals surface area contributed by atoms with Crippen LogP contribution in [0.3, 0.4) is 0 Å². The lowest BCUT2D eigenvalue weighted by Gasteiger charge is -2.16. The Morgan fingerprint density at radius 3 is 2.43 bits per heavy atom. The van der Waals surface area contributed by atoms with Gasteiger partial charge in [0.05, 0.1) is 22.2 Å². The smallest absolute Gasteiger partial charge is 0.258 e. The molecule has 0 amide bonds. The average molecular weight is 372 g/mol. The number of alkyl halides is 3. The van der Waals surface area contributed by atoms with Crippen LogP contribution in [0.2, 0.25) is 0 Å². The van der Waals surface area contributed by atoms with Crippen molar-refractivity contribution in [2.75, 3.05) is 0 Å². The highest BCUT2D eigenvalue weighted by atomic mass is 35.6. The van der Waals surface area contributed by atoms with Crippen LogP contribution in [0.15, 0.2) is 35.5 Å². The van der Waals surface area contributed by atoms with Crippen LogP contribution in [0.1, 0.15) is 5.56 Å². The molecule has 0 saturated carbocycles. The van der Waals surface area contributed by atoms with Gasteiger partial charge in [0, 0.05) is 17.7 Å². The van der Waals surface area contributed by atoms with Gasteiger partial charge in [0.1, 0.15) is 0 Å². The molecule has 0 atom stereocenters. The molecule has 112 valence electrons. The van der Waals surface area contributed by atoms with Crippen molar-refractivity contribution in [3.63, 3.8) is 0 Å². The van der Waals surface area contributed by atoms with Crippen molar-refractivity contribution in [3.8, 4) is 0 Å². The van der Waals surface area contributed by atoms with Crippen LogP contribution in [0.25, 0.3) is 0 Å². The summed E-state index contributed by atoms with van der Waals surface area (Å²) in [6.07, 6.45) is 2.23. The van der Waals surface area contributed by atoms with Gasteiger partial charge in [0.25, 0.3) is 15.7 Å². The Bertz CT molecular complexity index is 786. The summed E-state index contributed by atoms with van der Waals surface area (Å²) in [5.41, 5.74) is -0.758. The number of benzene rings is 1. The summed E-state index contributed by atoms with van der Waals surface area (Å²) in [7, 11) is -4.18. The molecule has 0 aliphatic rings. The molecule has 21 heavy (non-hydrogen) atoms. The second-order valence-corrected chi connectivity index (χ2v) is 7.76. The first kappa shape index (κ1) is 16.0. The van der Waals surface area contributed by atoms with Gasteiger partial charge in [-0.15, -0.1) is 9.19 Å². The van der Waals surface area contributed by atoms with Crippen LogP contribution in [-0.4, -0.2) is 27.7 Å².